The van der Waals surface area contributed by atoms with Crippen LogP contribution in [0.4, 0.5) is 13.2 Å². The molecule has 0 bridgehead atoms. The van der Waals surface area contributed by atoms with Crippen molar-refractivity contribution < 1.29 is 51.6 Å². The number of phenolic OH excluding ortho intramolecular Hbond substituents is 1. The number of esters is 2. The minimum atomic E-state index is -5.28. The number of hydrogen-bond acceptors (Lipinski definition) is 8. The maximum absolute atomic E-state index is 15.0. The Hall–Kier alpha value is -5.42. The van der Waals surface area contributed by atoms with Gasteiger partial charge in [-0.1, -0.05) is 97.1 Å². The predicted octanol–water partition coefficient (Wildman–Crippen LogP) is 7.12. The molecule has 6 rings (SSSR count). The Morgan fingerprint density at radius 1 is 0.878 bits per heavy atom. The van der Waals surface area contributed by atoms with Gasteiger partial charge in [0.05, 0.1) is 12.3 Å². The summed E-state index contributed by atoms with van der Waals surface area (Å²) in [6.45, 7) is 0. The third kappa shape index (κ3) is 6.41. The quantitative estimate of drug-likeness (QED) is 0.187. The van der Waals surface area contributed by atoms with Gasteiger partial charge in [-0.05, 0) is 28.8 Å². The average Bonchev–Trinajstić information content (AvgIpc) is 3.09. The third-order valence-corrected chi connectivity index (χ3v) is 8.71. The van der Waals surface area contributed by atoms with Crippen LogP contribution in [-0.4, -0.2) is 48.3 Å². The van der Waals surface area contributed by atoms with Crippen molar-refractivity contribution >= 4 is 17.7 Å². The fourth-order valence-corrected chi connectivity index (χ4v) is 6.41. The fraction of sp³-hybridized carbons (Fsp3) is 0.237. The van der Waals surface area contributed by atoms with Crippen LogP contribution in [0.5, 0.6) is 11.5 Å². The molecule has 1 N–H and O–H groups in total. The molecule has 2 heterocycles. The molecule has 0 spiro atoms. The Bertz CT molecular complexity index is 1860. The highest BCUT2D eigenvalue weighted by Crippen LogP contribution is 2.47. The molecule has 0 radical (unpaired) electrons. The average molecular weight is 673 g/mol. The first-order valence-electron chi connectivity index (χ1n) is 15.5. The molecule has 11 heteroatoms. The first kappa shape index (κ1) is 33.5. The van der Waals surface area contributed by atoms with Crippen molar-refractivity contribution in [1.82, 2.24) is 0 Å². The number of ether oxygens (including phenoxy) is 4. The van der Waals surface area contributed by atoms with Gasteiger partial charge in [0.2, 0.25) is 0 Å². The highest BCUT2D eigenvalue weighted by molar-refractivity contribution is 6.02. The molecule has 0 saturated carbocycles. The van der Waals surface area contributed by atoms with E-state index >= 15 is 0 Å². The summed E-state index contributed by atoms with van der Waals surface area (Å²) in [5, 5.41) is 11.2. The second-order valence-corrected chi connectivity index (χ2v) is 11.7. The van der Waals surface area contributed by atoms with Crippen LogP contribution in [0.25, 0.3) is 0 Å². The highest BCUT2D eigenvalue weighted by Gasteiger charge is 2.65. The molecule has 0 amide bonds. The predicted molar refractivity (Wildman–Crippen MR) is 170 cm³/mol. The van der Waals surface area contributed by atoms with E-state index in [1.165, 1.54) is 42.5 Å². The zero-order chi connectivity index (χ0) is 34.8. The van der Waals surface area contributed by atoms with Gasteiger partial charge in [0, 0.05) is 25.2 Å². The largest absolute Gasteiger partial charge is 0.507 e. The number of cyclic esters (lactones) is 1. The van der Waals surface area contributed by atoms with E-state index in [0.717, 1.165) is 24.8 Å². The van der Waals surface area contributed by atoms with E-state index in [-0.39, 0.29) is 35.5 Å². The molecule has 252 valence electrons. The Balaban J connectivity index is 1.50. The van der Waals surface area contributed by atoms with Crippen LogP contribution < -0.4 is 4.74 Å². The zero-order valence-corrected chi connectivity index (χ0v) is 26.1. The summed E-state index contributed by atoms with van der Waals surface area (Å²) < 4.78 is 67.6. The minimum absolute atomic E-state index is 0.00759. The number of carbonyl (C=O) groups is 3. The second kappa shape index (κ2) is 13.6. The van der Waals surface area contributed by atoms with Gasteiger partial charge in [-0.25, -0.2) is 9.59 Å². The smallest absolute Gasteiger partial charge is 0.432 e. The van der Waals surface area contributed by atoms with Crippen LogP contribution in [0.15, 0.2) is 115 Å². The summed E-state index contributed by atoms with van der Waals surface area (Å²) in [7, 11) is 0.758. The molecule has 2 aliphatic rings. The molecule has 0 unspecified atom stereocenters. The summed E-state index contributed by atoms with van der Waals surface area (Å²) in [5.41, 5.74) is -2.72. The van der Waals surface area contributed by atoms with Crippen LogP contribution in [0.3, 0.4) is 0 Å². The normalized spacial score (nSPS) is 19.8. The van der Waals surface area contributed by atoms with E-state index < -0.39 is 59.3 Å². The second-order valence-electron chi connectivity index (χ2n) is 11.7. The molecule has 0 fully saturated rings. The van der Waals surface area contributed by atoms with E-state index in [0.29, 0.717) is 5.56 Å². The summed E-state index contributed by atoms with van der Waals surface area (Å²) >= 11 is 0. The summed E-state index contributed by atoms with van der Waals surface area (Å²) in [4.78, 5) is 39.8. The van der Waals surface area contributed by atoms with Crippen molar-refractivity contribution in [3.05, 3.63) is 143 Å². The lowest BCUT2D eigenvalue weighted by Crippen LogP contribution is -2.54. The number of phenols is 1. The molecule has 0 aromatic heterocycles. The van der Waals surface area contributed by atoms with Gasteiger partial charge in [0.1, 0.15) is 35.4 Å². The van der Waals surface area contributed by atoms with Gasteiger partial charge in [-0.3, -0.25) is 4.79 Å². The highest BCUT2D eigenvalue weighted by atomic mass is 19.4. The maximum atomic E-state index is 15.0. The first-order valence-corrected chi connectivity index (χ1v) is 15.5. The van der Waals surface area contributed by atoms with Gasteiger partial charge in [0.25, 0.3) is 5.60 Å². The molecule has 5 atom stereocenters. The number of alkyl halides is 3. The van der Waals surface area contributed by atoms with Crippen LogP contribution in [-0.2, 0) is 29.4 Å². The topological polar surface area (TPSA) is 108 Å². The molecule has 49 heavy (non-hydrogen) atoms. The zero-order valence-electron chi connectivity index (χ0n) is 26.1. The van der Waals surface area contributed by atoms with E-state index in [1.54, 1.807) is 54.6 Å². The van der Waals surface area contributed by atoms with Crippen molar-refractivity contribution in [1.29, 1.82) is 0 Å². The lowest BCUT2D eigenvalue weighted by molar-refractivity contribution is -0.280. The van der Waals surface area contributed by atoms with E-state index in [9.17, 15) is 32.7 Å². The number of fused-ring (bicyclic) bond motifs is 1. The minimum Gasteiger partial charge on any atom is -0.507 e. The van der Waals surface area contributed by atoms with Crippen LogP contribution in [0.2, 0.25) is 0 Å². The number of Topliss-reactive ketones (excluding diaryl/α,β-unsaturated/α-hetero) is 1. The van der Waals surface area contributed by atoms with Gasteiger partial charge in [0.15, 0.2) is 5.78 Å². The Morgan fingerprint density at radius 2 is 1.51 bits per heavy atom. The summed E-state index contributed by atoms with van der Waals surface area (Å²) in [5.74, 6) is -4.47. The Labute approximate surface area is 279 Å². The number of hydrogen-bond donors (Lipinski definition) is 1. The van der Waals surface area contributed by atoms with Crippen LogP contribution >= 0.6 is 0 Å². The number of methoxy groups -OCH3 is 1. The van der Waals surface area contributed by atoms with E-state index in [4.69, 9.17) is 18.9 Å². The number of ketones is 1. The molecule has 8 nitrogen and oxygen atoms in total. The number of benzene rings is 4. The van der Waals surface area contributed by atoms with E-state index in [2.05, 4.69) is 0 Å². The van der Waals surface area contributed by atoms with Gasteiger partial charge >= 0.3 is 18.1 Å². The molecule has 2 aliphatic heterocycles. The molecule has 4 aromatic carbocycles. The monoisotopic (exact) mass is 672 g/mol. The van der Waals surface area contributed by atoms with Crippen LogP contribution in [0.1, 0.15) is 57.5 Å². The van der Waals surface area contributed by atoms with Crippen molar-refractivity contribution in [3.8, 4) is 11.5 Å². The van der Waals surface area contributed by atoms with Gasteiger partial charge < -0.3 is 24.1 Å². The third-order valence-electron chi connectivity index (χ3n) is 8.71. The molecule has 4 aromatic rings. The van der Waals surface area contributed by atoms with Gasteiger partial charge in [-0.15, -0.1) is 0 Å². The maximum Gasteiger partial charge on any atom is 0.432 e. The lowest BCUT2D eigenvalue weighted by Gasteiger charge is -2.38. The molecule has 0 saturated heterocycles. The van der Waals surface area contributed by atoms with Crippen LogP contribution in [0, 0.1) is 0 Å². The van der Waals surface area contributed by atoms with Crippen molar-refractivity contribution in [3.63, 3.8) is 0 Å². The van der Waals surface area contributed by atoms with Crippen molar-refractivity contribution in [2.75, 3.05) is 7.11 Å². The van der Waals surface area contributed by atoms with Crippen molar-refractivity contribution in [2.45, 2.75) is 48.8 Å². The summed E-state index contributed by atoms with van der Waals surface area (Å²) in [6.07, 6.45) is -6.21. The standard InChI is InChI=1S/C38H31F3O8/c1-46-37(38(39,40)41,26-16-9-4-10-17-26)36(45)49-35(29-18-11-19-32(44)48-29)33(24-14-7-3-8-15-24)25-20-27(42)34-28(43)22-30(47-31(34)21-25)23-12-5-2-6-13-23/h2-17,19-21,29-30,33,35,42H,18,22H2,1H3/t29-,30-,33-,35+,37+/m1/s1. The molecule has 0 aliphatic carbocycles. The number of halogens is 3. The van der Waals surface area contributed by atoms with E-state index in [1.807, 2.05) is 6.07 Å². The van der Waals surface area contributed by atoms with Gasteiger partial charge in [-0.2, -0.15) is 13.2 Å². The summed E-state index contributed by atoms with van der Waals surface area (Å²) in [6, 6.07) is 26.5. The Morgan fingerprint density at radius 3 is 2.12 bits per heavy atom. The molecular formula is C38H31F3O8. The Kier molecular flexibility index (Phi) is 9.29. The van der Waals surface area contributed by atoms with Crippen molar-refractivity contribution in [2.24, 2.45) is 0 Å². The number of carbonyl (C=O) groups excluding carboxylic acids is 3. The fourth-order valence-electron chi connectivity index (χ4n) is 6.41. The number of aromatic hydroxyl groups is 1. The number of rotatable bonds is 9. The lowest BCUT2D eigenvalue weighted by atomic mass is 9.81. The first-order chi connectivity index (χ1) is 23.5. The molecular weight excluding hydrogens is 641 g/mol. The SMILES string of the molecule is CO[C@](C(=O)O[C@H]([C@H](c1ccccc1)c1cc(O)c2c(c1)O[C@@H](c1ccccc1)CC2=O)[C@H]1CC=CC(=O)O1)(c1ccccc1)C(F)(F)F.